The third-order valence-electron chi connectivity index (χ3n) is 9.00. The van der Waals surface area contributed by atoms with Crippen LogP contribution < -0.4 is 20.3 Å². The molecule has 4 bridgehead atoms. The number of methoxy groups -OCH3 is 2. The quantitative estimate of drug-likeness (QED) is 0.321. The number of amides is 2. The molecule has 2 amide bonds. The molecule has 1 aromatic rings. The lowest BCUT2D eigenvalue weighted by Gasteiger charge is -2.42. The van der Waals surface area contributed by atoms with Crippen LogP contribution in [0.3, 0.4) is 0 Å². The van der Waals surface area contributed by atoms with Gasteiger partial charge in [-0.1, -0.05) is 42.3 Å². The Morgan fingerprint density at radius 1 is 1.29 bits per heavy atom. The number of halogens is 1. The van der Waals surface area contributed by atoms with Gasteiger partial charge < -0.3 is 39.0 Å². The number of hydrogen-bond donors (Lipinski definition) is 3. The van der Waals surface area contributed by atoms with Gasteiger partial charge in [0, 0.05) is 26.5 Å². The number of allylic oxidation sites excluding steroid dienone is 3. The highest BCUT2D eigenvalue weighted by Gasteiger charge is 2.64. The predicted molar refractivity (Wildman–Crippen MR) is 167 cm³/mol. The predicted octanol–water partition coefficient (Wildman–Crippen LogP) is 3.28. The number of esters is 1. The fraction of sp³-hybridized carbons (Fsp3) is 0.594. The fourth-order valence-corrected chi connectivity index (χ4v) is 6.28. The number of ether oxygens (including phenoxy) is 5. The van der Waals surface area contributed by atoms with Crippen LogP contribution in [0.4, 0.5) is 10.5 Å². The second-order valence-electron chi connectivity index (χ2n) is 12.2. The Labute approximate surface area is 269 Å². The van der Waals surface area contributed by atoms with Crippen LogP contribution >= 0.6 is 11.6 Å². The van der Waals surface area contributed by atoms with Crippen molar-refractivity contribution < 1.29 is 43.2 Å². The van der Waals surface area contributed by atoms with Gasteiger partial charge in [-0.05, 0) is 51.9 Å². The van der Waals surface area contributed by atoms with E-state index in [-0.39, 0.29) is 23.8 Å². The maximum atomic E-state index is 13.8. The molecule has 12 nitrogen and oxygen atoms in total. The Morgan fingerprint density at radius 3 is 2.64 bits per heavy atom. The van der Waals surface area contributed by atoms with Crippen molar-refractivity contribution in [2.75, 3.05) is 33.2 Å². The Kier molecular flexibility index (Phi) is 10.6. The third-order valence-corrected chi connectivity index (χ3v) is 9.38. The number of carbonyl (C=O) groups excluding carboxylic acids is 3. The van der Waals surface area contributed by atoms with Crippen molar-refractivity contribution in [3.63, 3.8) is 0 Å². The summed E-state index contributed by atoms with van der Waals surface area (Å²) in [7, 11) is 6.18. The summed E-state index contributed by atoms with van der Waals surface area (Å²) < 4.78 is 28.8. The van der Waals surface area contributed by atoms with Gasteiger partial charge in [0.2, 0.25) is 5.91 Å². The summed E-state index contributed by atoms with van der Waals surface area (Å²) in [5.41, 5.74) is -0.646. The highest BCUT2D eigenvalue weighted by Crippen LogP contribution is 2.49. The number of benzene rings is 1. The van der Waals surface area contributed by atoms with Crippen molar-refractivity contribution >= 4 is 35.3 Å². The van der Waals surface area contributed by atoms with Crippen molar-refractivity contribution in [2.24, 2.45) is 5.92 Å². The maximum absolute atomic E-state index is 13.8. The molecule has 3 heterocycles. The van der Waals surface area contributed by atoms with Crippen LogP contribution in [0.5, 0.6) is 5.75 Å². The SMILES string of the molecule is CN[C@@H](C)C(=O)O[C@H]1CC(=O)N(C)c2cc(cc(OC)c2Cl)C/C(C)=C/C=C/[C@@H](OC)[C@@]2(O)C[C@H](OC(=O)N2)[C@@H](C)[C@@H]2OC12C. The number of aliphatic hydroxyl groups is 1. The zero-order valence-electron chi connectivity index (χ0n) is 27.0. The second kappa shape index (κ2) is 13.7. The van der Waals surface area contributed by atoms with E-state index in [0.717, 1.165) is 11.1 Å². The van der Waals surface area contributed by atoms with Gasteiger partial charge in [-0.3, -0.25) is 14.9 Å². The number of hydrogen-bond acceptors (Lipinski definition) is 10. The highest BCUT2D eigenvalue weighted by molar-refractivity contribution is 6.35. The third kappa shape index (κ3) is 7.30. The molecule has 3 N–H and O–H groups in total. The van der Waals surface area contributed by atoms with Gasteiger partial charge in [-0.15, -0.1) is 0 Å². The first-order chi connectivity index (χ1) is 21.2. The van der Waals surface area contributed by atoms with Crippen LogP contribution in [-0.2, 0) is 35.0 Å². The lowest BCUT2D eigenvalue weighted by Crippen LogP contribution is -2.63. The van der Waals surface area contributed by atoms with E-state index in [1.807, 2.05) is 26.0 Å². The average molecular weight is 650 g/mol. The zero-order chi connectivity index (χ0) is 33.3. The summed E-state index contributed by atoms with van der Waals surface area (Å²) in [5, 5.41) is 17.2. The molecule has 45 heavy (non-hydrogen) atoms. The minimum Gasteiger partial charge on any atom is -0.495 e. The van der Waals surface area contributed by atoms with E-state index in [4.69, 9.17) is 35.3 Å². The standard InChI is InChI=1S/C32H44ClN3O9/c1-17-10-9-11-24(42-8)32(40)16-23(43-30(39)35-32)18(2)28-31(4,45-28)25(44-29(38)19(3)34-5)15-26(37)36(6)21-13-20(12-17)14-22(41-7)27(21)33/h9-11,13-14,18-19,23-25,28,34,40H,12,15-16H2,1-8H3,(H,35,39)/b11-9+,17-10+/t18-,19+,23+,24-,25+,28+,31?,32+/m1/s1. The zero-order valence-corrected chi connectivity index (χ0v) is 27.8. The Morgan fingerprint density at radius 2 is 2.00 bits per heavy atom. The van der Waals surface area contributed by atoms with E-state index in [0.29, 0.717) is 17.9 Å². The molecule has 0 aromatic heterocycles. The number of epoxide rings is 1. The number of fused-ring (bicyclic) bond motifs is 5. The van der Waals surface area contributed by atoms with E-state index in [9.17, 15) is 19.5 Å². The summed E-state index contributed by atoms with van der Waals surface area (Å²) in [6, 6.07) is 2.99. The second-order valence-corrected chi connectivity index (χ2v) is 12.6. The van der Waals surface area contributed by atoms with E-state index >= 15 is 0 Å². The summed E-state index contributed by atoms with van der Waals surface area (Å²) in [6.45, 7) is 7.17. The lowest BCUT2D eigenvalue weighted by atomic mass is 9.83. The number of carbonyl (C=O) groups is 3. The van der Waals surface area contributed by atoms with E-state index in [2.05, 4.69) is 10.6 Å². The minimum atomic E-state index is -1.78. The molecule has 248 valence electrons. The first kappa shape index (κ1) is 34.7. The van der Waals surface area contributed by atoms with Crippen molar-refractivity contribution in [3.05, 3.63) is 46.5 Å². The molecular weight excluding hydrogens is 606 g/mol. The molecule has 2 saturated heterocycles. The van der Waals surface area contributed by atoms with E-state index in [1.165, 1.54) is 19.1 Å². The molecule has 0 radical (unpaired) electrons. The number of nitrogens with zero attached hydrogens (tertiary/aromatic N) is 1. The van der Waals surface area contributed by atoms with Crippen LogP contribution in [0.25, 0.3) is 0 Å². The molecular formula is C32H44ClN3O9. The van der Waals surface area contributed by atoms with E-state index in [1.54, 1.807) is 46.2 Å². The van der Waals surface area contributed by atoms with Crippen LogP contribution in [0.15, 0.2) is 35.9 Å². The molecule has 0 saturated carbocycles. The number of alkyl carbamates (subject to hydrolysis) is 1. The molecule has 0 spiro atoms. The van der Waals surface area contributed by atoms with Gasteiger partial charge in [0.15, 0.2) is 5.72 Å². The molecule has 8 atom stereocenters. The summed E-state index contributed by atoms with van der Waals surface area (Å²) in [6.07, 6.45) is 1.52. The van der Waals surface area contributed by atoms with Gasteiger partial charge in [-0.2, -0.15) is 0 Å². The Balaban J connectivity index is 1.80. The average Bonchev–Trinajstić information content (AvgIpc) is 3.69. The Bertz CT molecular complexity index is 1370. The molecule has 4 rings (SSSR count). The summed E-state index contributed by atoms with van der Waals surface area (Å²) >= 11 is 6.69. The number of likely N-dealkylation sites (N-methyl/N-ethyl adjacent to an activating group) is 1. The van der Waals surface area contributed by atoms with Crippen molar-refractivity contribution in [3.8, 4) is 5.75 Å². The van der Waals surface area contributed by atoms with Gasteiger partial charge in [0.25, 0.3) is 0 Å². The summed E-state index contributed by atoms with van der Waals surface area (Å²) in [5.74, 6) is -0.974. The minimum absolute atomic E-state index is 0.00553. The molecule has 3 aliphatic heterocycles. The number of rotatable bonds is 5. The van der Waals surface area contributed by atoms with Gasteiger partial charge in [-0.25, -0.2) is 4.79 Å². The van der Waals surface area contributed by atoms with Gasteiger partial charge in [0.1, 0.15) is 40.7 Å². The summed E-state index contributed by atoms with van der Waals surface area (Å²) in [4.78, 5) is 40.9. The van der Waals surface area contributed by atoms with Crippen LogP contribution in [0, 0.1) is 5.92 Å². The molecule has 1 aromatic carbocycles. The lowest BCUT2D eigenvalue weighted by molar-refractivity contribution is -0.155. The largest absolute Gasteiger partial charge is 0.495 e. The van der Waals surface area contributed by atoms with Crippen molar-refractivity contribution in [2.45, 2.75) is 88.7 Å². The number of nitrogens with one attached hydrogen (secondary N) is 2. The topological polar surface area (TPSA) is 148 Å². The smallest absolute Gasteiger partial charge is 0.409 e. The van der Waals surface area contributed by atoms with Gasteiger partial charge in [0.05, 0.1) is 25.3 Å². The molecule has 2 fully saturated rings. The van der Waals surface area contributed by atoms with Gasteiger partial charge >= 0.3 is 12.1 Å². The molecule has 1 unspecified atom stereocenters. The first-order valence-electron chi connectivity index (χ1n) is 14.9. The van der Waals surface area contributed by atoms with Crippen LogP contribution in [-0.4, -0.2) is 93.2 Å². The first-order valence-corrected chi connectivity index (χ1v) is 15.3. The maximum Gasteiger partial charge on any atom is 0.409 e. The van der Waals surface area contributed by atoms with Crippen molar-refractivity contribution in [1.82, 2.24) is 10.6 Å². The van der Waals surface area contributed by atoms with Crippen LogP contribution in [0.1, 0.15) is 46.1 Å². The normalized spacial score (nSPS) is 34.8. The molecule has 3 aliphatic rings. The van der Waals surface area contributed by atoms with E-state index < -0.39 is 59.8 Å². The van der Waals surface area contributed by atoms with Crippen LogP contribution in [0.2, 0.25) is 5.02 Å². The molecule has 13 heteroatoms. The van der Waals surface area contributed by atoms with Crippen molar-refractivity contribution in [1.29, 1.82) is 0 Å². The molecule has 0 aliphatic carbocycles. The fourth-order valence-electron chi connectivity index (χ4n) is 5.97. The highest BCUT2D eigenvalue weighted by atomic mass is 35.5. The Hall–Kier alpha value is -3.16. The number of anilines is 1. The monoisotopic (exact) mass is 649 g/mol.